The molecule has 2 nitrogen and oxygen atoms in total. The summed E-state index contributed by atoms with van der Waals surface area (Å²) in [5.41, 5.74) is 7.11. The van der Waals surface area contributed by atoms with Crippen LogP contribution in [0.2, 0.25) is 0 Å². The lowest BCUT2D eigenvalue weighted by atomic mass is 10.2. The molecule has 0 saturated carbocycles. The molecule has 0 aliphatic heterocycles. The van der Waals surface area contributed by atoms with Gasteiger partial charge in [0, 0.05) is 18.1 Å². The first-order valence-electron chi connectivity index (χ1n) is 2.97. The van der Waals surface area contributed by atoms with Crippen LogP contribution >= 0.6 is 12.2 Å². The minimum Gasteiger partial charge on any atom is -0.398 e. The molecule has 0 heterocycles. The van der Waals surface area contributed by atoms with Gasteiger partial charge in [-0.05, 0) is 24.8 Å². The molecule has 0 aromatic heterocycles. The van der Waals surface area contributed by atoms with E-state index >= 15 is 0 Å². The van der Waals surface area contributed by atoms with E-state index in [1.54, 1.807) is 6.20 Å². The molecule has 0 fully saturated rings. The molecular formula is C7H12N2S. The largest absolute Gasteiger partial charge is 0.398 e. The van der Waals surface area contributed by atoms with E-state index in [1.807, 2.05) is 20.0 Å². The Kier molecular flexibility index (Phi) is 4.58. The number of hydrogen-bond donors (Lipinski definition) is 2. The second-order valence-corrected chi connectivity index (χ2v) is 2.11. The number of nitrogens with one attached hydrogen (secondary N) is 1. The van der Waals surface area contributed by atoms with Gasteiger partial charge in [0.1, 0.15) is 0 Å². The summed E-state index contributed by atoms with van der Waals surface area (Å²) in [5, 5.41) is 4.33. The topological polar surface area (TPSA) is 38.0 Å². The zero-order chi connectivity index (χ0) is 7.98. The van der Waals surface area contributed by atoms with Gasteiger partial charge in [0.15, 0.2) is 0 Å². The smallest absolute Gasteiger partial charge is 0.0453 e. The first kappa shape index (κ1) is 9.17. The van der Waals surface area contributed by atoms with Crippen molar-refractivity contribution in [2.24, 2.45) is 5.73 Å². The number of rotatable bonds is 3. The molecule has 0 radical (unpaired) electrons. The Hall–Kier alpha value is -0.830. The molecule has 3 N–H and O–H groups in total. The third-order valence-electron chi connectivity index (χ3n) is 1.08. The number of hydrogen-bond acceptors (Lipinski definition) is 3. The van der Waals surface area contributed by atoms with Crippen LogP contribution in [-0.2, 0) is 0 Å². The first-order chi connectivity index (χ1) is 4.72. The lowest BCUT2D eigenvalue weighted by Crippen LogP contribution is -2.00. The monoisotopic (exact) mass is 156 g/mol. The van der Waals surface area contributed by atoms with Crippen LogP contribution in [0.4, 0.5) is 0 Å². The van der Waals surface area contributed by atoms with Crippen molar-refractivity contribution in [1.29, 1.82) is 0 Å². The van der Waals surface area contributed by atoms with Crippen molar-refractivity contribution in [3.8, 4) is 0 Å². The molecular weight excluding hydrogens is 144 g/mol. The first-order valence-corrected chi connectivity index (χ1v) is 3.45. The van der Waals surface area contributed by atoms with Crippen molar-refractivity contribution in [2.45, 2.75) is 6.92 Å². The highest BCUT2D eigenvalue weighted by atomic mass is 32.1. The van der Waals surface area contributed by atoms with E-state index in [-0.39, 0.29) is 0 Å². The quantitative estimate of drug-likeness (QED) is 0.363. The molecule has 0 spiro atoms. The third-order valence-corrected chi connectivity index (χ3v) is 1.34. The molecule has 0 aromatic carbocycles. The Labute approximate surface area is 66.8 Å². The van der Waals surface area contributed by atoms with E-state index in [4.69, 9.17) is 5.73 Å². The van der Waals surface area contributed by atoms with Crippen LogP contribution < -0.4 is 11.1 Å². The summed E-state index contributed by atoms with van der Waals surface area (Å²) in [6.45, 7) is 1.91. The molecule has 0 aliphatic carbocycles. The molecule has 0 aromatic rings. The summed E-state index contributed by atoms with van der Waals surface area (Å²) in [4.78, 5) is 0. The molecule has 0 bridgehead atoms. The van der Waals surface area contributed by atoms with Crippen LogP contribution in [0, 0.1) is 0 Å². The highest BCUT2D eigenvalue weighted by Crippen LogP contribution is 1.96. The van der Waals surface area contributed by atoms with Gasteiger partial charge in [0.2, 0.25) is 0 Å². The predicted octanol–water partition coefficient (Wildman–Crippen LogP) is 0.952. The van der Waals surface area contributed by atoms with E-state index in [0.717, 1.165) is 5.57 Å². The van der Waals surface area contributed by atoms with E-state index in [9.17, 15) is 0 Å². The van der Waals surface area contributed by atoms with Gasteiger partial charge in [-0.1, -0.05) is 12.2 Å². The fourth-order valence-corrected chi connectivity index (χ4v) is 0.583. The molecule has 0 aliphatic rings. The van der Waals surface area contributed by atoms with Crippen molar-refractivity contribution in [3.63, 3.8) is 0 Å². The van der Waals surface area contributed by atoms with Crippen LogP contribution in [-0.4, -0.2) is 12.4 Å². The average molecular weight is 156 g/mol. The Bertz CT molecular complexity index is 170. The van der Waals surface area contributed by atoms with Crippen LogP contribution in [0.1, 0.15) is 6.92 Å². The van der Waals surface area contributed by atoms with Crippen LogP contribution in [0.3, 0.4) is 0 Å². The standard InChI is InChI=1S/C7H12N2S/c1-6(3-4-9-2)7(8)5-10/h3-5,9H,8H2,1-2H3. The van der Waals surface area contributed by atoms with E-state index in [0.29, 0.717) is 5.70 Å². The minimum absolute atomic E-state index is 0.640. The van der Waals surface area contributed by atoms with Crippen LogP contribution in [0.15, 0.2) is 23.5 Å². The summed E-state index contributed by atoms with van der Waals surface area (Å²) in [7, 11) is 1.83. The summed E-state index contributed by atoms with van der Waals surface area (Å²) >= 11 is 4.64. The van der Waals surface area contributed by atoms with Crippen molar-refractivity contribution in [3.05, 3.63) is 23.5 Å². The van der Waals surface area contributed by atoms with Gasteiger partial charge in [-0.15, -0.1) is 0 Å². The Balaban J connectivity index is 4.17. The van der Waals surface area contributed by atoms with Gasteiger partial charge >= 0.3 is 0 Å². The van der Waals surface area contributed by atoms with Gasteiger partial charge < -0.3 is 11.1 Å². The predicted molar refractivity (Wildman–Crippen MR) is 48.7 cm³/mol. The molecule has 10 heavy (non-hydrogen) atoms. The van der Waals surface area contributed by atoms with Gasteiger partial charge in [0.25, 0.3) is 0 Å². The second kappa shape index (κ2) is 4.99. The molecule has 56 valence electrons. The average Bonchev–Trinajstić information content (AvgIpc) is 1.98. The van der Waals surface area contributed by atoms with E-state index in [1.165, 1.54) is 5.37 Å². The highest BCUT2D eigenvalue weighted by molar-refractivity contribution is 7.79. The fourth-order valence-electron chi connectivity index (χ4n) is 0.398. The summed E-state index contributed by atoms with van der Waals surface area (Å²) in [5.74, 6) is 0. The van der Waals surface area contributed by atoms with E-state index < -0.39 is 0 Å². The summed E-state index contributed by atoms with van der Waals surface area (Å²) < 4.78 is 0. The summed E-state index contributed by atoms with van der Waals surface area (Å²) in [6, 6.07) is 0. The molecule has 0 unspecified atom stereocenters. The highest BCUT2D eigenvalue weighted by Gasteiger charge is 1.86. The maximum Gasteiger partial charge on any atom is 0.0453 e. The Morgan fingerprint density at radius 2 is 2.20 bits per heavy atom. The van der Waals surface area contributed by atoms with Crippen molar-refractivity contribution in [1.82, 2.24) is 5.32 Å². The fraction of sp³-hybridized carbons (Fsp3) is 0.286. The lowest BCUT2D eigenvalue weighted by molar-refractivity contribution is 1.10. The van der Waals surface area contributed by atoms with Crippen molar-refractivity contribution >= 4 is 17.6 Å². The van der Waals surface area contributed by atoms with Gasteiger partial charge in [-0.25, -0.2) is 0 Å². The normalized spacial score (nSPS) is 13.0. The zero-order valence-corrected chi connectivity index (χ0v) is 7.03. The number of nitrogens with two attached hydrogens (primary N) is 1. The molecule has 0 saturated heterocycles. The Morgan fingerprint density at radius 1 is 1.60 bits per heavy atom. The maximum absolute atomic E-state index is 5.50. The second-order valence-electron chi connectivity index (χ2n) is 1.88. The number of thiocarbonyl (C=S) groups is 1. The Morgan fingerprint density at radius 3 is 2.60 bits per heavy atom. The third kappa shape index (κ3) is 3.25. The van der Waals surface area contributed by atoms with Gasteiger partial charge in [-0.2, -0.15) is 0 Å². The van der Waals surface area contributed by atoms with Gasteiger partial charge in [0.05, 0.1) is 0 Å². The van der Waals surface area contributed by atoms with Crippen molar-refractivity contribution in [2.75, 3.05) is 7.05 Å². The maximum atomic E-state index is 5.50. The summed E-state index contributed by atoms with van der Waals surface area (Å²) in [6.07, 6.45) is 3.68. The zero-order valence-electron chi connectivity index (χ0n) is 6.22. The van der Waals surface area contributed by atoms with Gasteiger partial charge in [-0.3, -0.25) is 0 Å². The van der Waals surface area contributed by atoms with Crippen molar-refractivity contribution < 1.29 is 0 Å². The molecule has 0 rings (SSSR count). The number of allylic oxidation sites excluding steroid dienone is 3. The SMILES string of the molecule is CNC=CC(C)=C(N)C=S. The lowest BCUT2D eigenvalue weighted by Gasteiger charge is -1.94. The molecule has 3 heteroatoms. The van der Waals surface area contributed by atoms with E-state index in [2.05, 4.69) is 17.5 Å². The molecule has 0 amide bonds. The van der Waals surface area contributed by atoms with Crippen LogP contribution in [0.5, 0.6) is 0 Å². The van der Waals surface area contributed by atoms with Crippen LogP contribution in [0.25, 0.3) is 0 Å². The minimum atomic E-state index is 0.640. The molecule has 0 atom stereocenters.